The van der Waals surface area contributed by atoms with Gasteiger partial charge in [-0.2, -0.15) is 5.10 Å². The fraction of sp³-hybridized carbons (Fsp3) is 0.312. The maximum absolute atomic E-state index is 6.39. The van der Waals surface area contributed by atoms with E-state index in [0.29, 0.717) is 0 Å². The van der Waals surface area contributed by atoms with E-state index in [1.807, 2.05) is 4.68 Å². The summed E-state index contributed by atoms with van der Waals surface area (Å²) in [6.45, 7) is 5.08. The van der Waals surface area contributed by atoms with Crippen LogP contribution in [0.2, 0.25) is 0 Å². The molecule has 0 aliphatic heterocycles. The van der Waals surface area contributed by atoms with E-state index in [2.05, 4.69) is 60.1 Å². The molecular formula is C16H18BrN3S. The first-order valence-electron chi connectivity index (χ1n) is 7.06. The molecule has 0 amide bonds. The van der Waals surface area contributed by atoms with Crippen molar-refractivity contribution in [2.75, 3.05) is 0 Å². The van der Waals surface area contributed by atoms with Gasteiger partial charge >= 0.3 is 0 Å². The molecule has 3 aromatic rings. The zero-order chi connectivity index (χ0) is 15.0. The second kappa shape index (κ2) is 5.91. The molecule has 1 atom stereocenters. The summed E-state index contributed by atoms with van der Waals surface area (Å²) in [7, 11) is 0. The molecule has 3 rings (SSSR count). The fourth-order valence-electron chi connectivity index (χ4n) is 2.56. The number of thiophene rings is 1. The van der Waals surface area contributed by atoms with Crippen molar-refractivity contribution in [3.8, 4) is 0 Å². The van der Waals surface area contributed by atoms with Gasteiger partial charge in [-0.1, -0.05) is 18.2 Å². The molecule has 1 aromatic carbocycles. The minimum Gasteiger partial charge on any atom is -0.323 e. The lowest BCUT2D eigenvalue weighted by atomic mass is 10.1. The van der Waals surface area contributed by atoms with Gasteiger partial charge in [0.15, 0.2) is 0 Å². The van der Waals surface area contributed by atoms with Gasteiger partial charge in [0.05, 0.1) is 15.0 Å². The summed E-state index contributed by atoms with van der Waals surface area (Å²) in [5.41, 5.74) is 9.91. The fourth-order valence-corrected chi connectivity index (χ4v) is 4.14. The molecule has 0 aliphatic carbocycles. The third-order valence-electron chi connectivity index (χ3n) is 3.69. The Morgan fingerprint density at radius 1 is 1.38 bits per heavy atom. The topological polar surface area (TPSA) is 43.8 Å². The molecule has 1 unspecified atom stereocenters. The van der Waals surface area contributed by atoms with E-state index in [0.717, 1.165) is 22.4 Å². The normalized spacial score (nSPS) is 13.0. The van der Waals surface area contributed by atoms with Gasteiger partial charge in [0.25, 0.3) is 0 Å². The molecule has 110 valence electrons. The molecule has 0 radical (unpaired) electrons. The third-order valence-corrected chi connectivity index (χ3v) is 5.96. The van der Waals surface area contributed by atoms with Crippen LogP contribution in [0.1, 0.15) is 29.1 Å². The Bertz CT molecular complexity index is 756. The predicted octanol–water partition coefficient (Wildman–Crippen LogP) is 4.43. The highest BCUT2D eigenvalue weighted by molar-refractivity contribution is 9.11. The van der Waals surface area contributed by atoms with Gasteiger partial charge in [0.2, 0.25) is 0 Å². The minimum atomic E-state index is -0.0105. The van der Waals surface area contributed by atoms with Crippen LogP contribution in [0, 0.1) is 6.92 Å². The maximum atomic E-state index is 6.39. The highest BCUT2D eigenvalue weighted by Gasteiger charge is 2.16. The Balaban J connectivity index is 1.94. The van der Waals surface area contributed by atoms with Crippen LogP contribution in [0.4, 0.5) is 0 Å². The van der Waals surface area contributed by atoms with Crippen molar-refractivity contribution < 1.29 is 0 Å². The Morgan fingerprint density at radius 2 is 2.14 bits per heavy atom. The smallest absolute Gasteiger partial charge is 0.0731 e. The number of para-hydroxylation sites is 1. The standard InChI is InChI=1S/C16H18BrN3S/c1-3-20-14-7-5-4-6-11(14)13(19-20)9-12(18)15-8-10(2)16(17)21-15/h4-8,12H,3,9,18H2,1-2H3. The Kier molecular flexibility index (Phi) is 4.15. The highest BCUT2D eigenvalue weighted by Crippen LogP contribution is 2.32. The van der Waals surface area contributed by atoms with E-state index in [1.54, 1.807) is 11.3 Å². The van der Waals surface area contributed by atoms with Crippen molar-refractivity contribution in [1.29, 1.82) is 0 Å². The number of nitrogens with zero attached hydrogens (tertiary/aromatic N) is 2. The molecule has 21 heavy (non-hydrogen) atoms. The van der Waals surface area contributed by atoms with E-state index < -0.39 is 0 Å². The SMILES string of the molecule is CCn1nc(CC(N)c2cc(C)c(Br)s2)c2ccccc21. The third kappa shape index (κ3) is 2.78. The average Bonchev–Trinajstić information content (AvgIpc) is 3.01. The molecule has 2 N–H and O–H groups in total. The molecule has 0 saturated carbocycles. The van der Waals surface area contributed by atoms with Gasteiger partial charge in [-0.25, -0.2) is 0 Å². The second-order valence-corrected chi connectivity index (χ2v) is 7.60. The number of benzene rings is 1. The van der Waals surface area contributed by atoms with Crippen molar-refractivity contribution in [3.63, 3.8) is 0 Å². The molecule has 0 aliphatic rings. The largest absolute Gasteiger partial charge is 0.323 e. The zero-order valence-corrected chi connectivity index (χ0v) is 14.5. The molecule has 5 heteroatoms. The highest BCUT2D eigenvalue weighted by atomic mass is 79.9. The van der Waals surface area contributed by atoms with Crippen molar-refractivity contribution in [2.45, 2.75) is 32.9 Å². The molecule has 2 heterocycles. The maximum Gasteiger partial charge on any atom is 0.0731 e. The predicted molar refractivity (Wildman–Crippen MR) is 92.8 cm³/mol. The first-order valence-corrected chi connectivity index (χ1v) is 8.67. The van der Waals surface area contributed by atoms with Gasteiger partial charge in [0, 0.05) is 29.3 Å². The summed E-state index contributed by atoms with van der Waals surface area (Å²) < 4.78 is 3.21. The van der Waals surface area contributed by atoms with E-state index in [4.69, 9.17) is 10.8 Å². The van der Waals surface area contributed by atoms with E-state index >= 15 is 0 Å². The van der Waals surface area contributed by atoms with Crippen LogP contribution < -0.4 is 5.73 Å². The summed E-state index contributed by atoms with van der Waals surface area (Å²) in [6.07, 6.45) is 0.764. The van der Waals surface area contributed by atoms with Gasteiger partial charge in [0.1, 0.15) is 0 Å². The summed E-state index contributed by atoms with van der Waals surface area (Å²) in [5, 5.41) is 5.94. The van der Waals surface area contributed by atoms with Crippen LogP contribution in [0.25, 0.3) is 10.9 Å². The lowest BCUT2D eigenvalue weighted by Crippen LogP contribution is -2.12. The lowest BCUT2D eigenvalue weighted by Gasteiger charge is -2.07. The molecule has 0 bridgehead atoms. The lowest BCUT2D eigenvalue weighted by molar-refractivity contribution is 0.645. The van der Waals surface area contributed by atoms with Crippen LogP contribution in [0.5, 0.6) is 0 Å². The Morgan fingerprint density at radius 3 is 2.81 bits per heavy atom. The van der Waals surface area contributed by atoms with Crippen LogP contribution in [-0.2, 0) is 13.0 Å². The molecular weight excluding hydrogens is 346 g/mol. The van der Waals surface area contributed by atoms with Crippen LogP contribution in [-0.4, -0.2) is 9.78 Å². The number of rotatable bonds is 4. The molecule has 0 fully saturated rings. The summed E-state index contributed by atoms with van der Waals surface area (Å²) in [5.74, 6) is 0. The summed E-state index contributed by atoms with van der Waals surface area (Å²) >= 11 is 5.28. The minimum absolute atomic E-state index is 0.0105. The number of hydrogen-bond acceptors (Lipinski definition) is 3. The Hall–Kier alpha value is -1.17. The van der Waals surface area contributed by atoms with Gasteiger partial charge in [-0.15, -0.1) is 11.3 Å². The quantitative estimate of drug-likeness (QED) is 0.744. The van der Waals surface area contributed by atoms with Crippen molar-refractivity contribution in [1.82, 2.24) is 9.78 Å². The number of aryl methyl sites for hydroxylation is 2. The van der Waals surface area contributed by atoms with Gasteiger partial charge < -0.3 is 5.73 Å². The number of fused-ring (bicyclic) bond motifs is 1. The zero-order valence-electron chi connectivity index (χ0n) is 12.1. The number of hydrogen-bond donors (Lipinski definition) is 1. The van der Waals surface area contributed by atoms with Crippen LogP contribution in [0.15, 0.2) is 34.1 Å². The van der Waals surface area contributed by atoms with Crippen molar-refractivity contribution >= 4 is 38.2 Å². The van der Waals surface area contributed by atoms with Crippen LogP contribution in [0.3, 0.4) is 0 Å². The van der Waals surface area contributed by atoms with Gasteiger partial charge in [-0.05, 0) is 47.5 Å². The molecule has 2 aromatic heterocycles. The number of aromatic nitrogens is 2. The van der Waals surface area contributed by atoms with E-state index in [1.165, 1.54) is 21.3 Å². The number of nitrogens with two attached hydrogens (primary N) is 1. The van der Waals surface area contributed by atoms with Crippen molar-refractivity contribution in [2.24, 2.45) is 5.73 Å². The monoisotopic (exact) mass is 363 g/mol. The molecule has 0 saturated heterocycles. The van der Waals surface area contributed by atoms with Gasteiger partial charge in [-0.3, -0.25) is 4.68 Å². The van der Waals surface area contributed by atoms with E-state index in [-0.39, 0.29) is 6.04 Å². The van der Waals surface area contributed by atoms with E-state index in [9.17, 15) is 0 Å². The first kappa shape index (κ1) is 14.8. The number of halogens is 1. The Labute approximate surface area is 136 Å². The molecule has 3 nitrogen and oxygen atoms in total. The van der Waals surface area contributed by atoms with Crippen LogP contribution >= 0.6 is 27.3 Å². The first-order chi connectivity index (χ1) is 10.1. The summed E-state index contributed by atoms with van der Waals surface area (Å²) in [4.78, 5) is 1.20. The molecule has 0 spiro atoms. The second-order valence-electron chi connectivity index (χ2n) is 5.20. The summed E-state index contributed by atoms with van der Waals surface area (Å²) in [6, 6.07) is 10.5. The van der Waals surface area contributed by atoms with Crippen molar-refractivity contribution in [3.05, 3.63) is 50.3 Å². The average molecular weight is 364 g/mol.